The lowest BCUT2D eigenvalue weighted by molar-refractivity contribution is 0.669. The summed E-state index contributed by atoms with van der Waals surface area (Å²) in [5.41, 5.74) is 9.96. The molecule has 0 spiro atoms. The van der Waals surface area contributed by atoms with Crippen LogP contribution in [0.15, 0.2) is 209 Å². The number of rotatable bonds is 7. The molecule has 0 fully saturated rings. The minimum Gasteiger partial charge on any atom is -0.455 e. The molecule has 1 unspecified atom stereocenters. The first-order chi connectivity index (χ1) is 26.8. The topological polar surface area (TPSA) is 53.1 Å². The van der Waals surface area contributed by atoms with E-state index in [1.54, 1.807) is 0 Å². The van der Waals surface area contributed by atoms with Crippen LogP contribution in [0.4, 0.5) is 17.1 Å². The van der Waals surface area contributed by atoms with Crippen molar-refractivity contribution >= 4 is 61.4 Å². The van der Waals surface area contributed by atoms with Gasteiger partial charge in [0.05, 0.1) is 0 Å². The smallest absolute Gasteiger partial charge is 0.160 e. The van der Waals surface area contributed by atoms with Gasteiger partial charge in [-0.15, -0.1) is 0 Å². The van der Waals surface area contributed by atoms with E-state index in [2.05, 4.69) is 156 Å². The monoisotopic (exact) mass is 694 g/mol. The van der Waals surface area contributed by atoms with Crippen LogP contribution in [0, 0.1) is 0 Å². The fraction of sp³-hybridized carbons (Fsp3) is 0.0204. The van der Waals surface area contributed by atoms with Crippen molar-refractivity contribution in [2.75, 3.05) is 4.90 Å². The standard InChI is InChI=1S/C49H34N4O/c1-5-15-34(16-6-1)47-50-48(35-17-7-2-8-18-35)52-49(51-47)42-30-29-41(46-45(42)43-31-36-19-13-14-20-37(36)32-44(43)54-46)33-25-27-40(28-26-33)53(38-21-9-3-10-22-38)39-23-11-4-12-24-39/h1-32,47H,(H,50,51,52). The summed E-state index contributed by atoms with van der Waals surface area (Å²) in [7, 11) is 0. The molecule has 1 aliphatic rings. The van der Waals surface area contributed by atoms with Crippen molar-refractivity contribution in [2.45, 2.75) is 6.17 Å². The molecule has 1 atom stereocenters. The Morgan fingerprint density at radius 3 is 1.72 bits per heavy atom. The first-order valence-electron chi connectivity index (χ1n) is 18.2. The number of nitrogens with zero attached hydrogens (tertiary/aromatic N) is 3. The molecule has 0 saturated heterocycles. The molecule has 8 aromatic carbocycles. The van der Waals surface area contributed by atoms with Crippen molar-refractivity contribution in [3.8, 4) is 11.1 Å². The largest absolute Gasteiger partial charge is 0.455 e. The van der Waals surface area contributed by atoms with Gasteiger partial charge in [-0.1, -0.05) is 133 Å². The molecular weight excluding hydrogens is 661 g/mol. The number of hydrogen-bond donors (Lipinski definition) is 1. The fourth-order valence-corrected chi connectivity index (χ4v) is 7.49. The van der Waals surface area contributed by atoms with Crippen LogP contribution in [0.2, 0.25) is 0 Å². The molecule has 0 bridgehead atoms. The predicted molar refractivity (Wildman–Crippen MR) is 223 cm³/mol. The molecule has 0 radical (unpaired) electrons. The minimum atomic E-state index is -0.313. The Morgan fingerprint density at radius 1 is 0.500 bits per heavy atom. The second-order valence-electron chi connectivity index (χ2n) is 13.5. The van der Waals surface area contributed by atoms with Crippen LogP contribution in [-0.2, 0) is 0 Å². The van der Waals surface area contributed by atoms with Crippen LogP contribution in [0.1, 0.15) is 22.9 Å². The van der Waals surface area contributed by atoms with E-state index in [-0.39, 0.29) is 6.17 Å². The van der Waals surface area contributed by atoms with E-state index in [0.717, 1.165) is 83.4 Å². The molecule has 1 N–H and O–H groups in total. The lowest BCUT2D eigenvalue weighted by atomic mass is 9.96. The lowest BCUT2D eigenvalue weighted by Gasteiger charge is -2.25. The highest BCUT2D eigenvalue weighted by atomic mass is 16.3. The van der Waals surface area contributed by atoms with Crippen molar-refractivity contribution in [1.29, 1.82) is 0 Å². The molecule has 0 saturated carbocycles. The van der Waals surface area contributed by atoms with Gasteiger partial charge in [-0.05, 0) is 82.6 Å². The Kier molecular flexibility index (Phi) is 7.81. The number of para-hydroxylation sites is 2. The van der Waals surface area contributed by atoms with Gasteiger partial charge in [0.25, 0.3) is 0 Å². The fourth-order valence-electron chi connectivity index (χ4n) is 7.49. The molecular formula is C49H34N4O. The Hall–Kier alpha value is -7.24. The molecule has 0 aliphatic carbocycles. The van der Waals surface area contributed by atoms with Gasteiger partial charge < -0.3 is 14.6 Å². The Balaban J connectivity index is 1.16. The maximum Gasteiger partial charge on any atom is 0.160 e. The third kappa shape index (κ3) is 5.69. The summed E-state index contributed by atoms with van der Waals surface area (Å²) in [6.45, 7) is 0. The van der Waals surface area contributed by atoms with Crippen LogP contribution in [-0.4, -0.2) is 11.7 Å². The first kappa shape index (κ1) is 31.5. The third-order valence-electron chi connectivity index (χ3n) is 10.1. The van der Waals surface area contributed by atoms with Crippen LogP contribution >= 0.6 is 0 Å². The highest BCUT2D eigenvalue weighted by molar-refractivity contribution is 6.24. The number of amidine groups is 2. The van der Waals surface area contributed by atoms with Gasteiger partial charge in [-0.3, -0.25) is 0 Å². The Morgan fingerprint density at radius 2 is 1.06 bits per heavy atom. The van der Waals surface area contributed by atoms with E-state index < -0.39 is 0 Å². The van der Waals surface area contributed by atoms with Crippen LogP contribution in [0.5, 0.6) is 0 Å². The minimum absolute atomic E-state index is 0.313. The normalized spacial score (nSPS) is 14.1. The molecule has 1 aromatic heterocycles. The molecule has 256 valence electrons. The van der Waals surface area contributed by atoms with E-state index in [1.165, 1.54) is 0 Å². The lowest BCUT2D eigenvalue weighted by Crippen LogP contribution is -2.33. The summed E-state index contributed by atoms with van der Waals surface area (Å²) in [6, 6.07) is 67.4. The van der Waals surface area contributed by atoms with Crippen LogP contribution < -0.4 is 10.2 Å². The van der Waals surface area contributed by atoms with E-state index in [1.807, 2.05) is 48.5 Å². The molecule has 10 rings (SSSR count). The van der Waals surface area contributed by atoms with E-state index >= 15 is 0 Å². The van der Waals surface area contributed by atoms with Crippen LogP contribution in [0.25, 0.3) is 43.8 Å². The van der Waals surface area contributed by atoms with Gasteiger partial charge in [0.15, 0.2) is 5.84 Å². The van der Waals surface area contributed by atoms with Crippen molar-refractivity contribution in [2.24, 2.45) is 9.98 Å². The Labute approximate surface area is 313 Å². The van der Waals surface area contributed by atoms with Crippen molar-refractivity contribution in [3.05, 3.63) is 211 Å². The predicted octanol–water partition coefficient (Wildman–Crippen LogP) is 12.4. The van der Waals surface area contributed by atoms with Crippen molar-refractivity contribution < 1.29 is 4.42 Å². The zero-order chi connectivity index (χ0) is 35.8. The second kappa shape index (κ2) is 13.4. The summed E-state index contributed by atoms with van der Waals surface area (Å²) in [4.78, 5) is 12.7. The quantitative estimate of drug-likeness (QED) is 0.181. The van der Waals surface area contributed by atoms with Crippen LogP contribution in [0.3, 0.4) is 0 Å². The highest BCUT2D eigenvalue weighted by Crippen LogP contribution is 2.42. The molecule has 0 amide bonds. The zero-order valence-electron chi connectivity index (χ0n) is 29.3. The van der Waals surface area contributed by atoms with Gasteiger partial charge >= 0.3 is 0 Å². The summed E-state index contributed by atoms with van der Waals surface area (Å²) in [5.74, 6) is 1.44. The summed E-state index contributed by atoms with van der Waals surface area (Å²) in [5, 5.41) is 7.91. The number of furan rings is 1. The SMILES string of the molecule is c1ccc(C2=NC(c3ccc(-c4ccc(N(c5ccccc5)c5ccccc5)cc4)c4oc5cc6ccccc6cc5c34)=NC(c3ccccc3)N2)cc1. The third-order valence-corrected chi connectivity index (χ3v) is 10.1. The van der Waals surface area contributed by atoms with Gasteiger partial charge in [-0.2, -0.15) is 0 Å². The van der Waals surface area contributed by atoms with Gasteiger partial charge in [0, 0.05) is 44.5 Å². The second-order valence-corrected chi connectivity index (χ2v) is 13.5. The van der Waals surface area contributed by atoms with Crippen molar-refractivity contribution in [1.82, 2.24) is 5.32 Å². The number of aliphatic imine (C=N–C) groups is 2. The number of fused-ring (bicyclic) bond motifs is 4. The number of hydrogen-bond acceptors (Lipinski definition) is 5. The number of benzene rings is 8. The summed E-state index contributed by atoms with van der Waals surface area (Å²) >= 11 is 0. The maximum absolute atomic E-state index is 6.89. The zero-order valence-corrected chi connectivity index (χ0v) is 29.3. The molecule has 9 aromatic rings. The highest BCUT2D eigenvalue weighted by Gasteiger charge is 2.25. The average Bonchev–Trinajstić information content (AvgIpc) is 3.62. The van der Waals surface area contributed by atoms with Gasteiger partial charge in [0.2, 0.25) is 0 Å². The average molecular weight is 695 g/mol. The molecule has 2 heterocycles. The van der Waals surface area contributed by atoms with Gasteiger partial charge in [-0.25, -0.2) is 9.98 Å². The summed E-state index contributed by atoms with van der Waals surface area (Å²) < 4.78 is 6.89. The van der Waals surface area contributed by atoms with E-state index in [9.17, 15) is 0 Å². The Bertz CT molecular complexity index is 2790. The van der Waals surface area contributed by atoms with Crippen molar-refractivity contribution in [3.63, 3.8) is 0 Å². The number of nitrogens with one attached hydrogen (secondary N) is 1. The van der Waals surface area contributed by atoms with E-state index in [0.29, 0.717) is 5.84 Å². The molecule has 1 aliphatic heterocycles. The number of anilines is 3. The van der Waals surface area contributed by atoms with E-state index in [4.69, 9.17) is 14.4 Å². The summed E-state index contributed by atoms with van der Waals surface area (Å²) in [6.07, 6.45) is -0.313. The molecule has 5 nitrogen and oxygen atoms in total. The van der Waals surface area contributed by atoms with Gasteiger partial charge in [0.1, 0.15) is 23.2 Å². The molecule has 5 heteroatoms. The maximum atomic E-state index is 6.89. The molecule has 54 heavy (non-hydrogen) atoms. The first-order valence-corrected chi connectivity index (χ1v) is 18.2.